The second kappa shape index (κ2) is 5.81. The maximum atomic E-state index is 12.2. The standard InChI is InChI=1S/C19H17N3O3/c1-12(23)21-19(14-6-9-15(10-7-14)22(24)25)17-11-8-13-4-2-3-5-16(13)18(17)20-21/h2-7,9-10,17,19H,8,11H2,1H3. The molecule has 0 fully saturated rings. The van der Waals surface area contributed by atoms with E-state index < -0.39 is 4.92 Å². The van der Waals surface area contributed by atoms with Crippen LogP contribution in [0, 0.1) is 16.0 Å². The lowest BCUT2D eigenvalue weighted by molar-refractivity contribution is -0.384. The van der Waals surface area contributed by atoms with Gasteiger partial charge in [0.2, 0.25) is 5.91 Å². The van der Waals surface area contributed by atoms with Gasteiger partial charge in [0.25, 0.3) is 5.69 Å². The minimum atomic E-state index is -0.417. The molecule has 1 aliphatic carbocycles. The zero-order chi connectivity index (χ0) is 17.6. The first-order valence-electron chi connectivity index (χ1n) is 8.27. The lowest BCUT2D eigenvalue weighted by atomic mass is 9.77. The van der Waals surface area contributed by atoms with Gasteiger partial charge in [-0.25, -0.2) is 5.01 Å². The molecule has 6 nitrogen and oxygen atoms in total. The van der Waals surface area contributed by atoms with Gasteiger partial charge in [-0.2, -0.15) is 5.10 Å². The number of fused-ring (bicyclic) bond motifs is 3. The molecule has 6 heteroatoms. The van der Waals surface area contributed by atoms with Crippen molar-refractivity contribution in [1.29, 1.82) is 0 Å². The Labute approximate surface area is 144 Å². The average molecular weight is 335 g/mol. The first-order valence-corrected chi connectivity index (χ1v) is 8.27. The summed E-state index contributed by atoms with van der Waals surface area (Å²) in [6, 6.07) is 14.4. The molecule has 1 amide bonds. The molecule has 2 aromatic carbocycles. The highest BCUT2D eigenvalue weighted by Gasteiger charge is 2.42. The molecule has 2 aromatic rings. The van der Waals surface area contributed by atoms with Gasteiger partial charge in [0.15, 0.2) is 0 Å². The number of benzene rings is 2. The molecule has 126 valence electrons. The van der Waals surface area contributed by atoms with Crippen LogP contribution < -0.4 is 0 Å². The quantitative estimate of drug-likeness (QED) is 0.623. The summed E-state index contributed by atoms with van der Waals surface area (Å²) in [6.07, 6.45) is 1.84. The van der Waals surface area contributed by atoms with Gasteiger partial charge in [0.05, 0.1) is 16.7 Å². The van der Waals surface area contributed by atoms with Crippen molar-refractivity contribution in [2.45, 2.75) is 25.8 Å². The highest BCUT2D eigenvalue weighted by atomic mass is 16.6. The summed E-state index contributed by atoms with van der Waals surface area (Å²) in [7, 11) is 0. The molecule has 0 saturated carbocycles. The SMILES string of the molecule is CC(=O)N1N=C2c3ccccc3CCC2C1c1ccc([N+](=O)[O-])cc1. The summed E-state index contributed by atoms with van der Waals surface area (Å²) in [6.45, 7) is 1.51. The Morgan fingerprint density at radius 3 is 2.60 bits per heavy atom. The fraction of sp³-hybridized carbons (Fsp3) is 0.263. The van der Waals surface area contributed by atoms with Gasteiger partial charge in [-0.3, -0.25) is 14.9 Å². The number of carbonyl (C=O) groups is 1. The first kappa shape index (κ1) is 15.5. The molecule has 0 aromatic heterocycles. The fourth-order valence-corrected chi connectivity index (χ4v) is 3.85. The Morgan fingerprint density at radius 1 is 1.20 bits per heavy atom. The number of hydrogen-bond acceptors (Lipinski definition) is 4. The van der Waals surface area contributed by atoms with E-state index in [-0.39, 0.29) is 23.6 Å². The number of rotatable bonds is 2. The van der Waals surface area contributed by atoms with Crippen molar-refractivity contribution < 1.29 is 9.72 Å². The van der Waals surface area contributed by atoms with Crippen molar-refractivity contribution >= 4 is 17.3 Å². The first-order chi connectivity index (χ1) is 12.1. The van der Waals surface area contributed by atoms with Crippen molar-refractivity contribution in [2.24, 2.45) is 11.0 Å². The van der Waals surface area contributed by atoms with Crippen LogP contribution in [-0.2, 0) is 11.2 Å². The topological polar surface area (TPSA) is 75.8 Å². The number of hydrogen-bond donors (Lipinski definition) is 0. The lowest BCUT2D eigenvalue weighted by Gasteiger charge is -2.29. The molecule has 1 aliphatic heterocycles. The summed E-state index contributed by atoms with van der Waals surface area (Å²) >= 11 is 0. The second-order valence-corrected chi connectivity index (χ2v) is 6.44. The summed E-state index contributed by atoms with van der Waals surface area (Å²) in [5.74, 6) is -0.0111. The van der Waals surface area contributed by atoms with E-state index in [0.29, 0.717) is 0 Å². The number of nitrogens with zero attached hydrogens (tertiary/aromatic N) is 3. The molecule has 0 bridgehead atoms. The number of carbonyl (C=O) groups excluding carboxylic acids is 1. The molecule has 0 N–H and O–H groups in total. The number of aryl methyl sites for hydroxylation is 1. The third-order valence-electron chi connectivity index (χ3n) is 5.00. The van der Waals surface area contributed by atoms with Crippen LogP contribution in [0.4, 0.5) is 5.69 Å². The molecule has 1 heterocycles. The van der Waals surface area contributed by atoms with Crippen LogP contribution in [0.1, 0.15) is 36.1 Å². The highest BCUT2D eigenvalue weighted by Crippen LogP contribution is 2.43. The number of nitro groups is 1. The van der Waals surface area contributed by atoms with Crippen molar-refractivity contribution in [3.63, 3.8) is 0 Å². The van der Waals surface area contributed by atoms with Gasteiger partial charge in [0, 0.05) is 30.5 Å². The monoisotopic (exact) mass is 335 g/mol. The Bertz CT molecular complexity index is 889. The summed E-state index contributed by atoms with van der Waals surface area (Å²) in [5, 5.41) is 17.1. The number of hydrazone groups is 1. The summed E-state index contributed by atoms with van der Waals surface area (Å²) < 4.78 is 0. The van der Waals surface area contributed by atoms with Crippen LogP contribution in [0.5, 0.6) is 0 Å². The van der Waals surface area contributed by atoms with Crippen molar-refractivity contribution in [3.8, 4) is 0 Å². The minimum Gasteiger partial charge on any atom is -0.273 e. The minimum absolute atomic E-state index is 0.0475. The zero-order valence-corrected chi connectivity index (χ0v) is 13.8. The van der Waals surface area contributed by atoms with Gasteiger partial charge >= 0.3 is 0 Å². The summed E-state index contributed by atoms with van der Waals surface area (Å²) in [5.41, 5.74) is 4.23. The van der Waals surface area contributed by atoms with E-state index >= 15 is 0 Å². The summed E-state index contributed by atoms with van der Waals surface area (Å²) in [4.78, 5) is 22.6. The molecule has 2 atom stereocenters. The Morgan fingerprint density at radius 2 is 1.92 bits per heavy atom. The Hall–Kier alpha value is -3.02. The molecular weight excluding hydrogens is 318 g/mol. The third-order valence-corrected chi connectivity index (χ3v) is 5.00. The van der Waals surface area contributed by atoms with Crippen molar-refractivity contribution in [1.82, 2.24) is 5.01 Å². The van der Waals surface area contributed by atoms with Crippen LogP contribution >= 0.6 is 0 Å². The zero-order valence-electron chi connectivity index (χ0n) is 13.8. The van der Waals surface area contributed by atoms with Crippen LogP contribution in [0.25, 0.3) is 0 Å². The van der Waals surface area contributed by atoms with Crippen LogP contribution in [0.2, 0.25) is 0 Å². The average Bonchev–Trinajstić information content (AvgIpc) is 3.02. The smallest absolute Gasteiger partial charge is 0.269 e. The molecule has 0 saturated heterocycles. The Kier molecular flexibility index (Phi) is 3.60. The highest BCUT2D eigenvalue weighted by molar-refractivity contribution is 6.06. The third kappa shape index (κ3) is 2.50. The Balaban J connectivity index is 1.76. The molecule has 25 heavy (non-hydrogen) atoms. The van der Waals surface area contributed by atoms with E-state index in [1.807, 2.05) is 12.1 Å². The van der Waals surface area contributed by atoms with Gasteiger partial charge in [0.1, 0.15) is 0 Å². The van der Waals surface area contributed by atoms with E-state index in [9.17, 15) is 14.9 Å². The molecule has 4 rings (SSSR count). The van der Waals surface area contributed by atoms with Gasteiger partial charge in [-0.15, -0.1) is 0 Å². The van der Waals surface area contributed by atoms with Gasteiger partial charge in [-0.1, -0.05) is 36.4 Å². The molecule has 2 aliphatic rings. The molecule has 0 radical (unpaired) electrons. The molecule has 2 unspecified atom stereocenters. The fourth-order valence-electron chi connectivity index (χ4n) is 3.85. The predicted molar refractivity (Wildman–Crippen MR) is 93.1 cm³/mol. The number of nitro benzene ring substituents is 1. The molecule has 0 spiro atoms. The van der Waals surface area contributed by atoms with E-state index in [1.54, 1.807) is 12.1 Å². The molecular formula is C19H17N3O3. The van der Waals surface area contributed by atoms with E-state index in [2.05, 4.69) is 17.2 Å². The largest absolute Gasteiger partial charge is 0.273 e. The van der Waals surface area contributed by atoms with Crippen molar-refractivity contribution in [2.75, 3.05) is 0 Å². The second-order valence-electron chi connectivity index (χ2n) is 6.44. The van der Waals surface area contributed by atoms with Gasteiger partial charge in [-0.05, 0) is 24.0 Å². The predicted octanol–water partition coefficient (Wildman–Crippen LogP) is 3.46. The van der Waals surface area contributed by atoms with Crippen LogP contribution in [0.15, 0.2) is 53.6 Å². The van der Waals surface area contributed by atoms with Gasteiger partial charge < -0.3 is 0 Å². The van der Waals surface area contributed by atoms with Crippen molar-refractivity contribution in [3.05, 3.63) is 75.3 Å². The maximum absolute atomic E-state index is 12.2. The van der Waals surface area contributed by atoms with E-state index in [1.165, 1.54) is 29.6 Å². The van der Waals surface area contributed by atoms with E-state index in [0.717, 1.165) is 29.7 Å². The van der Waals surface area contributed by atoms with Crippen LogP contribution in [0.3, 0.4) is 0 Å². The van der Waals surface area contributed by atoms with Crippen LogP contribution in [-0.4, -0.2) is 21.6 Å². The van der Waals surface area contributed by atoms with E-state index in [4.69, 9.17) is 0 Å². The maximum Gasteiger partial charge on any atom is 0.269 e. The number of non-ortho nitro benzene ring substituents is 1. The normalized spacial score (nSPS) is 21.3. The number of amides is 1. The lowest BCUT2D eigenvalue weighted by Crippen LogP contribution is -2.31.